The first-order valence-corrected chi connectivity index (χ1v) is 8.30. The van der Waals surface area contributed by atoms with Crippen molar-refractivity contribution >= 4 is 29.0 Å². The molecule has 0 spiro atoms. The fraction of sp³-hybridized carbons (Fsp3) is 0.105. The Kier molecular flexibility index (Phi) is 5.14. The van der Waals surface area contributed by atoms with E-state index in [0.717, 1.165) is 18.1 Å². The third-order valence-corrected chi connectivity index (χ3v) is 4.24. The van der Waals surface area contributed by atoms with Crippen molar-refractivity contribution in [1.82, 2.24) is 9.97 Å². The molecule has 2 N–H and O–H groups in total. The molecule has 3 rings (SSSR count). The summed E-state index contributed by atoms with van der Waals surface area (Å²) in [5.41, 5.74) is 1.63. The summed E-state index contributed by atoms with van der Waals surface area (Å²) in [5, 5.41) is 2.77. The van der Waals surface area contributed by atoms with E-state index >= 15 is 0 Å². The lowest BCUT2D eigenvalue weighted by Crippen LogP contribution is -2.14. The van der Waals surface area contributed by atoms with Gasteiger partial charge < -0.3 is 10.3 Å². The number of carbonyl (C=O) groups is 2. The molecule has 5 nitrogen and oxygen atoms in total. The number of hydrogen-bond donors (Lipinski definition) is 2. The van der Waals surface area contributed by atoms with E-state index in [4.69, 9.17) is 11.6 Å². The van der Waals surface area contributed by atoms with Crippen LogP contribution in [0.5, 0.6) is 0 Å². The van der Waals surface area contributed by atoms with Crippen LogP contribution < -0.4 is 5.32 Å². The summed E-state index contributed by atoms with van der Waals surface area (Å²) in [7, 11) is 0. The lowest BCUT2D eigenvalue weighted by Gasteiger charge is -2.07. The molecule has 3 aromatic rings. The van der Waals surface area contributed by atoms with Gasteiger partial charge in [-0.2, -0.15) is 0 Å². The molecule has 7 heteroatoms. The van der Waals surface area contributed by atoms with Crippen LogP contribution in [-0.2, 0) is 6.42 Å². The minimum Gasteiger partial charge on any atom is -0.356 e. The summed E-state index contributed by atoms with van der Waals surface area (Å²) >= 11 is 5.93. The predicted octanol–water partition coefficient (Wildman–Crippen LogP) is 4.25. The highest BCUT2D eigenvalue weighted by Crippen LogP contribution is 2.23. The van der Waals surface area contributed by atoms with Crippen LogP contribution in [0.2, 0.25) is 5.02 Å². The minimum absolute atomic E-state index is 0.0187. The number of benzene rings is 1. The predicted molar refractivity (Wildman–Crippen MR) is 97.2 cm³/mol. The molecule has 26 heavy (non-hydrogen) atoms. The quantitative estimate of drug-likeness (QED) is 0.658. The van der Waals surface area contributed by atoms with Crippen molar-refractivity contribution in [3.8, 4) is 0 Å². The summed E-state index contributed by atoms with van der Waals surface area (Å²) in [4.78, 5) is 31.6. The Bertz CT molecular complexity index is 964. The Morgan fingerprint density at radius 3 is 2.85 bits per heavy atom. The maximum absolute atomic E-state index is 13.9. The van der Waals surface area contributed by atoms with Crippen LogP contribution in [0.1, 0.15) is 38.9 Å². The maximum atomic E-state index is 13.9. The highest BCUT2D eigenvalue weighted by Gasteiger charge is 2.20. The van der Waals surface area contributed by atoms with E-state index in [1.54, 1.807) is 12.4 Å². The Balaban J connectivity index is 1.83. The molecule has 0 atom stereocenters. The molecule has 2 heterocycles. The van der Waals surface area contributed by atoms with Crippen LogP contribution in [0.4, 0.5) is 10.1 Å². The summed E-state index contributed by atoms with van der Waals surface area (Å²) in [5.74, 6) is -1.73. The number of aromatic amines is 1. The lowest BCUT2D eigenvalue weighted by molar-refractivity contribution is 0.102. The van der Waals surface area contributed by atoms with Gasteiger partial charge in [0.1, 0.15) is 11.5 Å². The molecule has 0 aliphatic rings. The summed E-state index contributed by atoms with van der Waals surface area (Å²) < 4.78 is 13.9. The van der Waals surface area contributed by atoms with Gasteiger partial charge in [0.05, 0.1) is 22.5 Å². The molecule has 1 amide bonds. The Labute approximate surface area is 154 Å². The number of H-pyrrole nitrogens is 1. The van der Waals surface area contributed by atoms with Gasteiger partial charge in [-0.3, -0.25) is 14.6 Å². The van der Waals surface area contributed by atoms with E-state index < -0.39 is 17.5 Å². The molecule has 0 aliphatic carbocycles. The normalized spacial score (nSPS) is 10.6. The number of nitrogens with zero attached hydrogens (tertiary/aromatic N) is 1. The average molecular weight is 372 g/mol. The molecule has 0 saturated carbocycles. The average Bonchev–Trinajstić information content (AvgIpc) is 3.12. The molecular weight excluding hydrogens is 357 g/mol. The highest BCUT2D eigenvalue weighted by atomic mass is 35.5. The molecule has 0 aliphatic heterocycles. The van der Waals surface area contributed by atoms with E-state index in [-0.39, 0.29) is 21.8 Å². The van der Waals surface area contributed by atoms with Crippen molar-refractivity contribution in [1.29, 1.82) is 0 Å². The van der Waals surface area contributed by atoms with Gasteiger partial charge in [-0.05, 0) is 36.2 Å². The van der Waals surface area contributed by atoms with Gasteiger partial charge in [0.25, 0.3) is 5.91 Å². The maximum Gasteiger partial charge on any atom is 0.272 e. The molecule has 0 bridgehead atoms. The largest absolute Gasteiger partial charge is 0.356 e. The lowest BCUT2D eigenvalue weighted by atomic mass is 10.1. The smallest absolute Gasteiger partial charge is 0.272 e. The molecule has 1 aromatic carbocycles. The number of aryl methyl sites for hydroxylation is 1. The Hall–Kier alpha value is -2.99. The molecular formula is C19H15ClFN3O2. The standard InChI is InChI=1S/C19H15ClFN3O2/c1-2-11-6-7-22-10-16(11)24-19(26)15-8-12(9-23-15)18(25)17-13(20)4-3-5-14(17)21/h3-10,23H,2H2,1H3,(H,24,26). The van der Waals surface area contributed by atoms with Crippen molar-refractivity contribution < 1.29 is 14.0 Å². The first kappa shape index (κ1) is 17.8. The second-order valence-corrected chi connectivity index (χ2v) is 5.98. The van der Waals surface area contributed by atoms with E-state index in [1.807, 2.05) is 13.0 Å². The van der Waals surface area contributed by atoms with Crippen LogP contribution in [-0.4, -0.2) is 21.7 Å². The van der Waals surface area contributed by atoms with Crippen molar-refractivity contribution in [3.63, 3.8) is 0 Å². The second-order valence-electron chi connectivity index (χ2n) is 5.57. The number of hydrogen-bond acceptors (Lipinski definition) is 3. The van der Waals surface area contributed by atoms with Crippen LogP contribution >= 0.6 is 11.6 Å². The number of ketones is 1. The SMILES string of the molecule is CCc1ccncc1NC(=O)c1cc(C(=O)c2c(F)cccc2Cl)c[nH]1. The molecule has 132 valence electrons. The first-order valence-electron chi connectivity index (χ1n) is 7.92. The number of nitrogens with one attached hydrogen (secondary N) is 2. The third kappa shape index (κ3) is 3.50. The molecule has 0 unspecified atom stereocenters. The van der Waals surface area contributed by atoms with E-state index in [9.17, 15) is 14.0 Å². The number of carbonyl (C=O) groups excluding carboxylic acids is 2. The number of amides is 1. The topological polar surface area (TPSA) is 74.8 Å². The van der Waals surface area contributed by atoms with Crippen molar-refractivity contribution in [3.05, 3.63) is 82.1 Å². The van der Waals surface area contributed by atoms with Gasteiger partial charge in [0.2, 0.25) is 0 Å². The fourth-order valence-corrected chi connectivity index (χ4v) is 2.80. The monoisotopic (exact) mass is 371 g/mol. The Morgan fingerprint density at radius 2 is 2.12 bits per heavy atom. The second kappa shape index (κ2) is 7.49. The number of pyridine rings is 1. The Morgan fingerprint density at radius 1 is 1.31 bits per heavy atom. The van der Waals surface area contributed by atoms with E-state index in [0.29, 0.717) is 5.69 Å². The van der Waals surface area contributed by atoms with Gasteiger partial charge in [0.15, 0.2) is 5.78 Å². The van der Waals surface area contributed by atoms with Gasteiger partial charge in [-0.1, -0.05) is 24.6 Å². The highest BCUT2D eigenvalue weighted by molar-refractivity contribution is 6.35. The first-order chi connectivity index (χ1) is 12.5. The molecule has 2 aromatic heterocycles. The van der Waals surface area contributed by atoms with Gasteiger partial charge >= 0.3 is 0 Å². The van der Waals surface area contributed by atoms with Gasteiger partial charge in [0, 0.05) is 18.0 Å². The van der Waals surface area contributed by atoms with Gasteiger partial charge in [-0.25, -0.2) is 4.39 Å². The third-order valence-electron chi connectivity index (χ3n) is 3.92. The van der Waals surface area contributed by atoms with Crippen molar-refractivity contribution in [2.75, 3.05) is 5.32 Å². The number of halogens is 2. The van der Waals surface area contributed by atoms with Crippen LogP contribution in [0.15, 0.2) is 48.9 Å². The summed E-state index contributed by atoms with van der Waals surface area (Å²) in [6.07, 6.45) is 5.30. The van der Waals surface area contributed by atoms with E-state index in [1.165, 1.54) is 24.4 Å². The fourth-order valence-electron chi connectivity index (χ4n) is 2.55. The molecule has 0 fully saturated rings. The minimum atomic E-state index is -0.711. The number of rotatable bonds is 5. The zero-order valence-electron chi connectivity index (χ0n) is 13.8. The zero-order chi connectivity index (χ0) is 18.7. The van der Waals surface area contributed by atoms with Crippen molar-refractivity contribution in [2.45, 2.75) is 13.3 Å². The summed E-state index contributed by atoms with van der Waals surface area (Å²) in [6, 6.07) is 7.20. The van der Waals surface area contributed by atoms with E-state index in [2.05, 4.69) is 15.3 Å². The molecule has 0 radical (unpaired) electrons. The van der Waals surface area contributed by atoms with Crippen molar-refractivity contribution in [2.24, 2.45) is 0 Å². The molecule has 0 saturated heterocycles. The number of anilines is 1. The van der Waals surface area contributed by atoms with Crippen LogP contribution in [0.25, 0.3) is 0 Å². The van der Waals surface area contributed by atoms with Crippen LogP contribution in [0, 0.1) is 5.82 Å². The zero-order valence-corrected chi connectivity index (χ0v) is 14.6. The van der Waals surface area contributed by atoms with Gasteiger partial charge in [-0.15, -0.1) is 0 Å². The number of aromatic nitrogens is 2. The summed E-state index contributed by atoms with van der Waals surface area (Å²) in [6.45, 7) is 1.97. The van der Waals surface area contributed by atoms with Crippen LogP contribution in [0.3, 0.4) is 0 Å².